The first-order valence-electron chi connectivity index (χ1n) is 13.8. The molecule has 2 aromatic heterocycles. The van der Waals surface area contributed by atoms with Crippen molar-refractivity contribution in [1.82, 2.24) is 19.4 Å². The highest BCUT2D eigenvalue weighted by molar-refractivity contribution is 9.10. The van der Waals surface area contributed by atoms with Gasteiger partial charge >= 0.3 is 0 Å². The average Bonchev–Trinajstić information content (AvgIpc) is 3.37. The Hall–Kier alpha value is -2.57. The fraction of sp³-hybridized carbons (Fsp3) is 0.552. The van der Waals surface area contributed by atoms with Crippen molar-refractivity contribution < 1.29 is 19.7 Å². The van der Waals surface area contributed by atoms with E-state index in [1.54, 1.807) is 10.8 Å². The normalized spacial score (nSPS) is 21.6. The van der Waals surface area contributed by atoms with Gasteiger partial charge in [-0.1, -0.05) is 32.9 Å². The number of hydrogen-bond donors (Lipinski definition) is 4. The molecule has 1 aliphatic heterocycles. The number of aliphatic hydroxyl groups is 2. The second kappa shape index (κ2) is 12.5. The molecular weight excluding hydrogens is 576 g/mol. The first-order chi connectivity index (χ1) is 18.9. The Kier molecular flexibility index (Phi) is 9.51. The number of benzene rings is 1. The molecule has 4 atom stereocenters. The molecule has 1 fully saturated rings. The Bertz CT molecular complexity index is 1310. The molecule has 0 bridgehead atoms. The number of hydrogen-bond acceptors (Lipinski definition) is 8. The number of nitrogens with one attached hydrogen (secondary N) is 1. The molecule has 3 aromatic rings. The van der Waals surface area contributed by atoms with Crippen molar-refractivity contribution in [2.24, 2.45) is 0 Å². The lowest BCUT2D eigenvalue weighted by molar-refractivity contribution is -0.116. The van der Waals surface area contributed by atoms with Crippen LogP contribution in [0.3, 0.4) is 0 Å². The molecule has 0 radical (unpaired) electrons. The Morgan fingerprint density at radius 2 is 1.88 bits per heavy atom. The molecule has 1 aromatic carbocycles. The van der Waals surface area contributed by atoms with Gasteiger partial charge < -0.3 is 30.6 Å². The summed E-state index contributed by atoms with van der Waals surface area (Å²) in [4.78, 5) is 23.0. The SMILES string of the molecule is CC(C)N(CCCCC(=O)Nc1ccc(C(C)(C)C)cc1)CC1OC(n2cc(Br)c3c(N)ncnc32)C(O)C1O. The number of carbonyl (C=O) groups is 1. The van der Waals surface area contributed by atoms with Crippen molar-refractivity contribution in [1.29, 1.82) is 0 Å². The number of nitrogens with zero attached hydrogens (tertiary/aromatic N) is 4. The Morgan fingerprint density at radius 3 is 2.52 bits per heavy atom. The third-order valence-electron chi connectivity index (χ3n) is 7.48. The van der Waals surface area contributed by atoms with Gasteiger partial charge in [0.05, 0.1) is 5.39 Å². The average molecular weight is 618 g/mol. The van der Waals surface area contributed by atoms with Gasteiger partial charge in [0.25, 0.3) is 0 Å². The lowest BCUT2D eigenvalue weighted by Gasteiger charge is -2.30. The molecule has 40 heavy (non-hydrogen) atoms. The topological polar surface area (TPSA) is 139 Å². The molecule has 0 spiro atoms. The summed E-state index contributed by atoms with van der Waals surface area (Å²) in [7, 11) is 0. The van der Waals surface area contributed by atoms with E-state index in [-0.39, 0.29) is 17.4 Å². The molecule has 218 valence electrons. The van der Waals surface area contributed by atoms with E-state index in [0.29, 0.717) is 34.3 Å². The third-order valence-corrected chi connectivity index (χ3v) is 8.08. The Balaban J connectivity index is 1.30. The highest BCUT2D eigenvalue weighted by Crippen LogP contribution is 2.36. The van der Waals surface area contributed by atoms with Crippen LogP contribution in [0.4, 0.5) is 11.5 Å². The van der Waals surface area contributed by atoms with E-state index in [4.69, 9.17) is 10.5 Å². The number of halogens is 1. The molecule has 11 heteroatoms. The van der Waals surface area contributed by atoms with Crippen LogP contribution in [0.2, 0.25) is 0 Å². The second-order valence-electron chi connectivity index (χ2n) is 11.8. The Morgan fingerprint density at radius 1 is 1.18 bits per heavy atom. The first-order valence-corrected chi connectivity index (χ1v) is 14.6. The molecule has 0 aliphatic carbocycles. The van der Waals surface area contributed by atoms with E-state index in [1.165, 1.54) is 11.9 Å². The number of nitrogen functional groups attached to an aromatic ring is 1. The number of unbranched alkanes of at least 4 members (excludes halogenated alkanes) is 1. The number of carbonyl (C=O) groups excluding carboxylic acids is 1. The summed E-state index contributed by atoms with van der Waals surface area (Å²) in [6, 6.07) is 8.20. The zero-order valence-corrected chi connectivity index (χ0v) is 25.4. The van der Waals surface area contributed by atoms with Gasteiger partial charge in [-0.15, -0.1) is 0 Å². The van der Waals surface area contributed by atoms with Gasteiger partial charge in [0.2, 0.25) is 5.91 Å². The second-order valence-corrected chi connectivity index (χ2v) is 12.7. The highest BCUT2D eigenvalue weighted by Gasteiger charge is 2.45. The first kappa shape index (κ1) is 30.4. The van der Waals surface area contributed by atoms with Crippen LogP contribution in [0.1, 0.15) is 65.7 Å². The molecule has 4 rings (SSSR count). The van der Waals surface area contributed by atoms with Crippen LogP contribution in [0, 0.1) is 0 Å². The maximum Gasteiger partial charge on any atom is 0.224 e. The molecule has 3 heterocycles. The van der Waals surface area contributed by atoms with Crippen LogP contribution in [0.15, 0.2) is 41.3 Å². The van der Waals surface area contributed by atoms with Crippen molar-refractivity contribution in [3.63, 3.8) is 0 Å². The van der Waals surface area contributed by atoms with Crippen LogP contribution in [-0.4, -0.2) is 73.0 Å². The summed E-state index contributed by atoms with van der Waals surface area (Å²) in [5.74, 6) is 0.313. The fourth-order valence-corrected chi connectivity index (χ4v) is 5.64. The number of anilines is 2. The van der Waals surface area contributed by atoms with Gasteiger partial charge in [0, 0.05) is 35.4 Å². The van der Waals surface area contributed by atoms with Crippen molar-refractivity contribution in [2.45, 2.75) is 89.9 Å². The van der Waals surface area contributed by atoms with Gasteiger partial charge in [-0.3, -0.25) is 9.69 Å². The molecule has 1 amide bonds. The fourth-order valence-electron chi connectivity index (χ4n) is 5.03. The predicted molar refractivity (Wildman–Crippen MR) is 160 cm³/mol. The van der Waals surface area contributed by atoms with Crippen LogP contribution in [0.5, 0.6) is 0 Å². The lowest BCUT2D eigenvalue weighted by atomic mass is 9.87. The maximum atomic E-state index is 12.5. The third kappa shape index (κ3) is 6.83. The monoisotopic (exact) mass is 616 g/mol. The van der Waals surface area contributed by atoms with Crippen molar-refractivity contribution in [3.05, 3.63) is 46.8 Å². The number of ether oxygens (including phenoxy) is 1. The van der Waals surface area contributed by atoms with E-state index < -0.39 is 24.5 Å². The van der Waals surface area contributed by atoms with Gasteiger partial charge in [0.15, 0.2) is 6.23 Å². The number of amides is 1. The van der Waals surface area contributed by atoms with E-state index in [9.17, 15) is 15.0 Å². The molecule has 4 unspecified atom stereocenters. The zero-order valence-electron chi connectivity index (χ0n) is 23.8. The summed E-state index contributed by atoms with van der Waals surface area (Å²) in [6.45, 7) is 11.8. The standard InChI is InChI=1S/C29H41BrN6O4/c1-17(2)35(13-7-6-8-22(37)34-19-11-9-18(10-12-19)29(3,4)5)15-21-24(38)25(39)28(40-21)36-14-20(30)23-26(31)32-16-33-27(23)36/h9-12,14,16-17,21,24-25,28,38-39H,6-8,13,15H2,1-5H3,(H,34,37)(H2,31,32,33). The maximum absolute atomic E-state index is 12.5. The minimum atomic E-state index is -1.14. The van der Waals surface area contributed by atoms with Crippen LogP contribution >= 0.6 is 15.9 Å². The molecule has 1 saturated heterocycles. The van der Waals surface area contributed by atoms with Crippen LogP contribution in [0.25, 0.3) is 11.0 Å². The largest absolute Gasteiger partial charge is 0.387 e. The molecular formula is C29H41BrN6O4. The van der Waals surface area contributed by atoms with Gasteiger partial charge in [-0.25, -0.2) is 9.97 Å². The van der Waals surface area contributed by atoms with Gasteiger partial charge in [-0.2, -0.15) is 0 Å². The summed E-state index contributed by atoms with van der Waals surface area (Å²) in [5, 5.41) is 25.3. The van der Waals surface area contributed by atoms with E-state index in [2.05, 4.69) is 82.9 Å². The summed E-state index contributed by atoms with van der Waals surface area (Å²) in [6.07, 6.45) is 1.44. The quantitative estimate of drug-likeness (QED) is 0.248. The zero-order chi connectivity index (χ0) is 29.2. The van der Waals surface area contributed by atoms with E-state index in [1.807, 2.05) is 12.1 Å². The molecule has 5 N–H and O–H groups in total. The molecule has 10 nitrogen and oxygen atoms in total. The minimum absolute atomic E-state index is 0.00493. The molecule has 0 saturated carbocycles. The molecule has 1 aliphatic rings. The van der Waals surface area contributed by atoms with Crippen molar-refractivity contribution in [2.75, 3.05) is 24.1 Å². The van der Waals surface area contributed by atoms with Crippen molar-refractivity contribution >= 4 is 44.4 Å². The van der Waals surface area contributed by atoms with Crippen molar-refractivity contribution in [3.8, 4) is 0 Å². The van der Waals surface area contributed by atoms with E-state index >= 15 is 0 Å². The number of aromatic nitrogens is 3. The van der Waals surface area contributed by atoms with Crippen LogP contribution < -0.4 is 11.1 Å². The smallest absolute Gasteiger partial charge is 0.224 e. The predicted octanol–water partition coefficient (Wildman–Crippen LogP) is 4.21. The van der Waals surface area contributed by atoms with E-state index in [0.717, 1.165) is 25.1 Å². The minimum Gasteiger partial charge on any atom is -0.387 e. The summed E-state index contributed by atoms with van der Waals surface area (Å²) >= 11 is 3.48. The number of aliphatic hydroxyl groups excluding tert-OH is 2. The highest BCUT2D eigenvalue weighted by atomic mass is 79.9. The number of fused-ring (bicyclic) bond motifs is 1. The lowest BCUT2D eigenvalue weighted by Crippen LogP contribution is -2.43. The number of nitrogens with two attached hydrogens (primary N) is 1. The number of rotatable bonds is 10. The summed E-state index contributed by atoms with van der Waals surface area (Å²) in [5.41, 5.74) is 8.63. The van der Waals surface area contributed by atoms with Gasteiger partial charge in [0.1, 0.15) is 36.1 Å². The summed E-state index contributed by atoms with van der Waals surface area (Å²) < 4.78 is 8.55. The van der Waals surface area contributed by atoms with Crippen LogP contribution in [-0.2, 0) is 14.9 Å². The van der Waals surface area contributed by atoms with Gasteiger partial charge in [-0.05, 0) is 72.3 Å². The Labute approximate surface area is 244 Å².